The Balaban J connectivity index is 3.39. The highest BCUT2D eigenvalue weighted by Gasteiger charge is 2.14. The minimum atomic E-state index is 0.0980. The molecule has 1 rings (SSSR count). The summed E-state index contributed by atoms with van der Waals surface area (Å²) in [7, 11) is 3.08. The van der Waals surface area contributed by atoms with Gasteiger partial charge in [-0.3, -0.25) is 0 Å². The van der Waals surface area contributed by atoms with E-state index in [9.17, 15) is 5.11 Å². The largest absolute Gasteiger partial charge is 0.503 e. The summed E-state index contributed by atoms with van der Waals surface area (Å²) in [5.41, 5.74) is 0.783. The third kappa shape index (κ3) is 1.72. The van der Waals surface area contributed by atoms with Crippen LogP contribution in [-0.4, -0.2) is 19.3 Å². The summed E-state index contributed by atoms with van der Waals surface area (Å²) in [4.78, 5) is 0. The average molecular weight is 247 g/mol. The summed E-state index contributed by atoms with van der Waals surface area (Å²) >= 11 is 3.20. The maximum Gasteiger partial charge on any atom is 0.172 e. The highest BCUT2D eigenvalue weighted by atomic mass is 79.9. The molecule has 0 aromatic heterocycles. The SMILES string of the molecule is COc1cc(Br)c(O)c(OC)c1C. The van der Waals surface area contributed by atoms with Crippen molar-refractivity contribution in [2.75, 3.05) is 14.2 Å². The van der Waals surface area contributed by atoms with Gasteiger partial charge < -0.3 is 14.6 Å². The smallest absolute Gasteiger partial charge is 0.172 e. The first-order valence-corrected chi connectivity index (χ1v) is 4.51. The molecule has 0 fully saturated rings. The van der Waals surface area contributed by atoms with Gasteiger partial charge in [-0.15, -0.1) is 0 Å². The summed E-state index contributed by atoms with van der Waals surface area (Å²) in [5.74, 6) is 1.22. The summed E-state index contributed by atoms with van der Waals surface area (Å²) in [6.07, 6.45) is 0. The van der Waals surface area contributed by atoms with Crippen LogP contribution in [0.3, 0.4) is 0 Å². The van der Waals surface area contributed by atoms with Gasteiger partial charge in [0.05, 0.1) is 18.7 Å². The average Bonchev–Trinajstić information content (AvgIpc) is 2.12. The fraction of sp³-hybridized carbons (Fsp3) is 0.333. The third-order valence-corrected chi connectivity index (χ3v) is 2.44. The molecule has 1 aromatic carbocycles. The molecule has 0 saturated carbocycles. The van der Waals surface area contributed by atoms with Gasteiger partial charge in [0.1, 0.15) is 5.75 Å². The van der Waals surface area contributed by atoms with E-state index >= 15 is 0 Å². The molecule has 0 aliphatic heterocycles. The molecule has 3 nitrogen and oxygen atoms in total. The Morgan fingerprint density at radius 2 is 1.92 bits per heavy atom. The molecule has 0 atom stereocenters. The Bertz CT molecular complexity index is 323. The van der Waals surface area contributed by atoms with Crippen LogP contribution in [0.4, 0.5) is 0 Å². The van der Waals surface area contributed by atoms with Gasteiger partial charge in [0.2, 0.25) is 0 Å². The first kappa shape index (κ1) is 10.2. The normalized spacial score (nSPS) is 9.85. The molecule has 0 saturated heterocycles. The van der Waals surface area contributed by atoms with Crippen LogP contribution >= 0.6 is 15.9 Å². The Kier molecular flexibility index (Phi) is 3.03. The quantitative estimate of drug-likeness (QED) is 0.872. The van der Waals surface area contributed by atoms with Crippen LogP contribution in [-0.2, 0) is 0 Å². The molecule has 0 bridgehead atoms. The van der Waals surface area contributed by atoms with Crippen molar-refractivity contribution in [1.82, 2.24) is 0 Å². The van der Waals surface area contributed by atoms with Gasteiger partial charge in [0, 0.05) is 5.56 Å². The van der Waals surface area contributed by atoms with Crippen molar-refractivity contribution in [1.29, 1.82) is 0 Å². The number of phenols is 1. The van der Waals surface area contributed by atoms with Crippen LogP contribution in [0, 0.1) is 6.92 Å². The Morgan fingerprint density at radius 1 is 1.31 bits per heavy atom. The maximum atomic E-state index is 9.57. The lowest BCUT2D eigenvalue weighted by Gasteiger charge is -2.12. The predicted molar refractivity (Wildman–Crippen MR) is 53.6 cm³/mol. The maximum absolute atomic E-state index is 9.57. The van der Waals surface area contributed by atoms with Crippen molar-refractivity contribution < 1.29 is 14.6 Å². The molecule has 0 heterocycles. The fourth-order valence-corrected chi connectivity index (χ4v) is 1.54. The molecule has 0 aliphatic rings. The summed E-state index contributed by atoms with van der Waals surface area (Å²) in [6, 6.07) is 1.70. The number of rotatable bonds is 2. The lowest BCUT2D eigenvalue weighted by molar-refractivity contribution is 0.358. The molecule has 13 heavy (non-hydrogen) atoms. The van der Waals surface area contributed by atoms with E-state index in [4.69, 9.17) is 9.47 Å². The molecule has 0 amide bonds. The van der Waals surface area contributed by atoms with Gasteiger partial charge in [-0.05, 0) is 28.9 Å². The number of ether oxygens (including phenoxy) is 2. The van der Waals surface area contributed by atoms with Gasteiger partial charge >= 0.3 is 0 Å². The number of phenolic OH excluding ortho intramolecular Hbond substituents is 1. The lowest BCUT2D eigenvalue weighted by Crippen LogP contribution is -1.93. The first-order chi connectivity index (χ1) is 6.11. The van der Waals surface area contributed by atoms with E-state index in [1.165, 1.54) is 7.11 Å². The lowest BCUT2D eigenvalue weighted by atomic mass is 10.2. The van der Waals surface area contributed by atoms with E-state index in [2.05, 4.69) is 15.9 Å². The molecular formula is C9H11BrO3. The van der Waals surface area contributed by atoms with Crippen molar-refractivity contribution in [3.8, 4) is 17.2 Å². The van der Waals surface area contributed by atoms with Crippen LogP contribution in [0.15, 0.2) is 10.5 Å². The van der Waals surface area contributed by atoms with Gasteiger partial charge in [-0.25, -0.2) is 0 Å². The molecule has 0 unspecified atom stereocenters. The van der Waals surface area contributed by atoms with Crippen LogP contribution < -0.4 is 9.47 Å². The Morgan fingerprint density at radius 3 is 2.38 bits per heavy atom. The molecule has 0 aliphatic carbocycles. The number of benzene rings is 1. The summed E-state index contributed by atoms with van der Waals surface area (Å²) in [5, 5.41) is 9.57. The van der Waals surface area contributed by atoms with E-state index in [0.29, 0.717) is 16.0 Å². The Labute approximate surface area is 85.4 Å². The zero-order valence-electron chi connectivity index (χ0n) is 7.72. The zero-order chi connectivity index (χ0) is 10.0. The number of methoxy groups -OCH3 is 2. The van der Waals surface area contributed by atoms with Crippen LogP contribution in [0.5, 0.6) is 17.2 Å². The van der Waals surface area contributed by atoms with Crippen molar-refractivity contribution in [2.45, 2.75) is 6.92 Å². The molecule has 72 valence electrons. The van der Waals surface area contributed by atoms with Crippen LogP contribution in [0.25, 0.3) is 0 Å². The van der Waals surface area contributed by atoms with E-state index < -0.39 is 0 Å². The van der Waals surface area contributed by atoms with E-state index in [1.807, 2.05) is 6.92 Å². The standard InChI is InChI=1S/C9H11BrO3/c1-5-7(12-2)4-6(10)8(11)9(5)13-3/h4,11H,1-3H3. The minimum absolute atomic E-state index is 0.0980. The van der Waals surface area contributed by atoms with Gasteiger partial charge in [-0.2, -0.15) is 0 Å². The topological polar surface area (TPSA) is 38.7 Å². The van der Waals surface area contributed by atoms with Crippen molar-refractivity contribution in [3.05, 3.63) is 16.1 Å². The number of aromatic hydroxyl groups is 1. The van der Waals surface area contributed by atoms with E-state index in [0.717, 1.165) is 5.56 Å². The van der Waals surface area contributed by atoms with Gasteiger partial charge in [-0.1, -0.05) is 0 Å². The van der Waals surface area contributed by atoms with Gasteiger partial charge in [0.25, 0.3) is 0 Å². The molecule has 4 heteroatoms. The van der Waals surface area contributed by atoms with Crippen LogP contribution in [0.2, 0.25) is 0 Å². The highest BCUT2D eigenvalue weighted by molar-refractivity contribution is 9.10. The first-order valence-electron chi connectivity index (χ1n) is 3.71. The second-order valence-electron chi connectivity index (χ2n) is 2.57. The molecule has 0 spiro atoms. The van der Waals surface area contributed by atoms with Crippen molar-refractivity contribution >= 4 is 15.9 Å². The monoisotopic (exact) mass is 246 g/mol. The van der Waals surface area contributed by atoms with Gasteiger partial charge in [0.15, 0.2) is 11.5 Å². The summed E-state index contributed by atoms with van der Waals surface area (Å²) < 4.78 is 10.7. The number of hydrogen-bond donors (Lipinski definition) is 1. The van der Waals surface area contributed by atoms with Crippen molar-refractivity contribution in [3.63, 3.8) is 0 Å². The molecule has 0 radical (unpaired) electrons. The fourth-order valence-electron chi connectivity index (χ4n) is 1.15. The summed E-state index contributed by atoms with van der Waals surface area (Å²) in [6.45, 7) is 1.82. The minimum Gasteiger partial charge on any atom is -0.503 e. The second-order valence-corrected chi connectivity index (χ2v) is 3.42. The molecule has 1 aromatic rings. The van der Waals surface area contributed by atoms with Crippen LogP contribution in [0.1, 0.15) is 5.56 Å². The number of halogens is 1. The molecule has 1 N–H and O–H groups in total. The highest BCUT2D eigenvalue weighted by Crippen LogP contribution is 2.41. The van der Waals surface area contributed by atoms with E-state index in [-0.39, 0.29) is 5.75 Å². The third-order valence-electron chi connectivity index (χ3n) is 1.83. The van der Waals surface area contributed by atoms with Crippen molar-refractivity contribution in [2.24, 2.45) is 0 Å². The van der Waals surface area contributed by atoms with E-state index in [1.54, 1.807) is 13.2 Å². The second kappa shape index (κ2) is 3.87. The molecular weight excluding hydrogens is 236 g/mol. The predicted octanol–water partition coefficient (Wildman–Crippen LogP) is 2.48. The zero-order valence-corrected chi connectivity index (χ0v) is 9.31. The Hall–Kier alpha value is -0.900. The number of hydrogen-bond acceptors (Lipinski definition) is 3.